The standard InChI is InChI=1S/C18H21N3O3S/c19-18(12-4-5-13-18)17(22)20-14-8-10-16(11-9-14)25(23,24)21-15-6-2-1-3-7-15/h1-3,6-11,21H,4-5,12-13,19H2,(H,20,22). The van der Waals surface area contributed by atoms with Crippen molar-refractivity contribution in [2.75, 3.05) is 10.0 Å². The molecule has 7 heteroatoms. The van der Waals surface area contributed by atoms with Gasteiger partial charge in [0.2, 0.25) is 5.91 Å². The first-order valence-corrected chi connectivity index (χ1v) is 9.66. The van der Waals surface area contributed by atoms with E-state index in [1.807, 2.05) is 6.07 Å². The molecular weight excluding hydrogens is 338 g/mol. The Bertz CT molecular complexity index is 843. The van der Waals surface area contributed by atoms with Gasteiger partial charge in [0.25, 0.3) is 10.0 Å². The molecule has 0 spiro atoms. The van der Waals surface area contributed by atoms with Crippen LogP contribution in [0.4, 0.5) is 11.4 Å². The lowest BCUT2D eigenvalue weighted by atomic mass is 9.98. The van der Waals surface area contributed by atoms with Crippen molar-refractivity contribution < 1.29 is 13.2 Å². The highest BCUT2D eigenvalue weighted by molar-refractivity contribution is 7.92. The van der Waals surface area contributed by atoms with Crippen LogP contribution in [0.5, 0.6) is 0 Å². The fraction of sp³-hybridized carbons (Fsp3) is 0.278. The Balaban J connectivity index is 1.70. The van der Waals surface area contributed by atoms with E-state index in [0.717, 1.165) is 12.8 Å². The normalized spacial score (nSPS) is 16.4. The van der Waals surface area contributed by atoms with Crippen molar-refractivity contribution in [1.29, 1.82) is 0 Å². The zero-order valence-electron chi connectivity index (χ0n) is 13.7. The molecule has 6 nitrogen and oxygen atoms in total. The molecule has 0 aromatic heterocycles. The molecule has 0 bridgehead atoms. The van der Waals surface area contributed by atoms with Crippen molar-refractivity contribution in [3.63, 3.8) is 0 Å². The van der Waals surface area contributed by atoms with Gasteiger partial charge in [-0.1, -0.05) is 31.0 Å². The number of sulfonamides is 1. The number of nitrogens with two attached hydrogens (primary N) is 1. The van der Waals surface area contributed by atoms with Crippen LogP contribution in [0.25, 0.3) is 0 Å². The highest BCUT2D eigenvalue weighted by atomic mass is 32.2. The number of carbonyl (C=O) groups is 1. The molecule has 3 rings (SSSR count). The van der Waals surface area contributed by atoms with E-state index in [1.54, 1.807) is 36.4 Å². The van der Waals surface area contributed by atoms with Crippen molar-refractivity contribution >= 4 is 27.3 Å². The Morgan fingerprint density at radius 1 is 0.920 bits per heavy atom. The van der Waals surface area contributed by atoms with Gasteiger partial charge in [0.15, 0.2) is 0 Å². The van der Waals surface area contributed by atoms with E-state index in [9.17, 15) is 13.2 Å². The zero-order chi connectivity index (χ0) is 17.9. The number of nitrogens with one attached hydrogen (secondary N) is 2. The second-order valence-electron chi connectivity index (χ2n) is 6.31. The molecule has 132 valence electrons. The highest BCUT2D eigenvalue weighted by Crippen LogP contribution is 2.28. The minimum atomic E-state index is -3.67. The number of benzene rings is 2. The Morgan fingerprint density at radius 3 is 2.12 bits per heavy atom. The van der Waals surface area contributed by atoms with Gasteiger partial charge in [-0.05, 0) is 49.2 Å². The third kappa shape index (κ3) is 4.00. The van der Waals surface area contributed by atoms with E-state index < -0.39 is 15.6 Å². The first-order chi connectivity index (χ1) is 11.9. The molecule has 2 aromatic rings. The van der Waals surface area contributed by atoms with Crippen molar-refractivity contribution in [1.82, 2.24) is 0 Å². The second kappa shape index (κ2) is 6.85. The summed E-state index contributed by atoms with van der Waals surface area (Å²) in [6.45, 7) is 0. The summed E-state index contributed by atoms with van der Waals surface area (Å²) in [4.78, 5) is 12.4. The molecule has 25 heavy (non-hydrogen) atoms. The van der Waals surface area contributed by atoms with Gasteiger partial charge in [-0.15, -0.1) is 0 Å². The van der Waals surface area contributed by atoms with Crippen molar-refractivity contribution in [3.8, 4) is 0 Å². The lowest BCUT2D eigenvalue weighted by Gasteiger charge is -2.22. The van der Waals surface area contributed by atoms with Crippen LogP contribution in [-0.4, -0.2) is 19.9 Å². The molecule has 1 amide bonds. The molecule has 0 saturated heterocycles. The molecule has 1 aliphatic carbocycles. The van der Waals surface area contributed by atoms with E-state index in [4.69, 9.17) is 5.73 Å². The van der Waals surface area contributed by atoms with Crippen LogP contribution in [-0.2, 0) is 14.8 Å². The number of para-hydroxylation sites is 1. The van der Waals surface area contributed by atoms with Crippen LogP contribution in [0.15, 0.2) is 59.5 Å². The van der Waals surface area contributed by atoms with E-state index in [0.29, 0.717) is 24.2 Å². The average molecular weight is 359 g/mol. The largest absolute Gasteiger partial charge is 0.324 e. The molecular formula is C18H21N3O3S. The summed E-state index contributed by atoms with van der Waals surface area (Å²) in [5, 5.41) is 2.77. The monoisotopic (exact) mass is 359 g/mol. The SMILES string of the molecule is NC1(C(=O)Nc2ccc(S(=O)(=O)Nc3ccccc3)cc2)CCCC1. The Morgan fingerprint density at radius 2 is 1.52 bits per heavy atom. The first-order valence-electron chi connectivity index (χ1n) is 8.17. The molecule has 0 heterocycles. The van der Waals surface area contributed by atoms with Crippen LogP contribution in [0, 0.1) is 0 Å². The molecule has 2 aromatic carbocycles. The molecule has 4 N–H and O–H groups in total. The van der Waals surface area contributed by atoms with Gasteiger partial charge in [-0.3, -0.25) is 9.52 Å². The molecule has 1 saturated carbocycles. The molecule has 0 radical (unpaired) electrons. The minimum absolute atomic E-state index is 0.123. The van der Waals surface area contributed by atoms with Gasteiger partial charge in [0, 0.05) is 11.4 Å². The summed E-state index contributed by atoms with van der Waals surface area (Å²) < 4.78 is 27.3. The summed E-state index contributed by atoms with van der Waals surface area (Å²) in [7, 11) is -3.67. The maximum Gasteiger partial charge on any atom is 0.261 e. The van der Waals surface area contributed by atoms with Crippen LogP contribution >= 0.6 is 0 Å². The lowest BCUT2D eigenvalue weighted by molar-refractivity contribution is -0.121. The smallest absolute Gasteiger partial charge is 0.261 e. The number of rotatable bonds is 5. The van der Waals surface area contributed by atoms with E-state index in [1.165, 1.54) is 12.1 Å². The number of hydrogen-bond acceptors (Lipinski definition) is 4. The second-order valence-corrected chi connectivity index (χ2v) is 8.00. The van der Waals surface area contributed by atoms with Crippen LogP contribution in [0.1, 0.15) is 25.7 Å². The lowest BCUT2D eigenvalue weighted by Crippen LogP contribution is -2.48. The van der Waals surface area contributed by atoms with E-state index >= 15 is 0 Å². The third-order valence-electron chi connectivity index (χ3n) is 4.40. The number of amides is 1. The number of hydrogen-bond donors (Lipinski definition) is 3. The summed E-state index contributed by atoms with van der Waals surface area (Å²) in [6, 6.07) is 14.7. The van der Waals surface area contributed by atoms with Crippen molar-refractivity contribution in [3.05, 3.63) is 54.6 Å². The molecule has 0 aliphatic heterocycles. The van der Waals surface area contributed by atoms with Crippen LogP contribution in [0.2, 0.25) is 0 Å². The summed E-state index contributed by atoms with van der Waals surface area (Å²) in [6.07, 6.45) is 3.25. The summed E-state index contributed by atoms with van der Waals surface area (Å²) in [5.74, 6) is -0.219. The van der Waals surface area contributed by atoms with Gasteiger partial charge in [0.05, 0.1) is 10.4 Å². The Hall–Kier alpha value is -2.38. The van der Waals surface area contributed by atoms with Crippen LogP contribution < -0.4 is 15.8 Å². The predicted octanol–water partition coefficient (Wildman–Crippen LogP) is 2.70. The summed E-state index contributed by atoms with van der Waals surface area (Å²) >= 11 is 0. The molecule has 0 atom stereocenters. The van der Waals surface area contributed by atoms with E-state index in [2.05, 4.69) is 10.0 Å². The average Bonchev–Trinajstić information content (AvgIpc) is 3.04. The van der Waals surface area contributed by atoms with Crippen molar-refractivity contribution in [2.24, 2.45) is 5.73 Å². The van der Waals surface area contributed by atoms with Gasteiger partial charge < -0.3 is 11.1 Å². The van der Waals surface area contributed by atoms with E-state index in [-0.39, 0.29) is 10.8 Å². The number of anilines is 2. The molecule has 1 fully saturated rings. The van der Waals surface area contributed by atoms with Gasteiger partial charge in [0.1, 0.15) is 0 Å². The van der Waals surface area contributed by atoms with Crippen LogP contribution in [0.3, 0.4) is 0 Å². The number of carbonyl (C=O) groups excluding carboxylic acids is 1. The zero-order valence-corrected chi connectivity index (χ0v) is 14.6. The molecule has 1 aliphatic rings. The highest BCUT2D eigenvalue weighted by Gasteiger charge is 2.36. The maximum absolute atomic E-state index is 12.4. The minimum Gasteiger partial charge on any atom is -0.324 e. The quantitative estimate of drug-likeness (QED) is 0.764. The maximum atomic E-state index is 12.4. The van der Waals surface area contributed by atoms with Gasteiger partial charge in [-0.25, -0.2) is 8.42 Å². The topological polar surface area (TPSA) is 101 Å². The fourth-order valence-corrected chi connectivity index (χ4v) is 3.98. The molecule has 0 unspecified atom stereocenters. The van der Waals surface area contributed by atoms with Crippen molar-refractivity contribution in [2.45, 2.75) is 36.1 Å². The Kier molecular flexibility index (Phi) is 4.78. The third-order valence-corrected chi connectivity index (χ3v) is 5.79. The van der Waals surface area contributed by atoms with Gasteiger partial charge >= 0.3 is 0 Å². The summed E-state index contributed by atoms with van der Waals surface area (Å²) in [5.41, 5.74) is 6.32. The fourth-order valence-electron chi connectivity index (χ4n) is 2.93. The Labute approximate surface area is 147 Å². The first kappa shape index (κ1) is 17.4. The predicted molar refractivity (Wildman–Crippen MR) is 97.7 cm³/mol. The van der Waals surface area contributed by atoms with Gasteiger partial charge in [-0.2, -0.15) is 0 Å².